The van der Waals surface area contributed by atoms with Crippen LogP contribution in [0.1, 0.15) is 31.1 Å². The maximum absolute atomic E-state index is 5.88. The van der Waals surface area contributed by atoms with Gasteiger partial charge in [0.05, 0.1) is 12.2 Å². The van der Waals surface area contributed by atoms with E-state index in [9.17, 15) is 0 Å². The van der Waals surface area contributed by atoms with Crippen molar-refractivity contribution in [1.82, 2.24) is 0 Å². The molecule has 0 unspecified atom stereocenters. The normalized spacial score (nSPS) is 38.5. The van der Waals surface area contributed by atoms with E-state index in [0.717, 1.165) is 6.42 Å². The highest BCUT2D eigenvalue weighted by molar-refractivity contribution is 5.35. The number of fused-ring (bicyclic) bond motifs is 3. The number of ether oxygens (including phenoxy) is 2. The Hall–Kier alpha value is -0.860. The van der Waals surface area contributed by atoms with Crippen LogP contribution < -0.4 is 0 Å². The van der Waals surface area contributed by atoms with Gasteiger partial charge in [-0.3, -0.25) is 0 Å². The smallest absolute Gasteiger partial charge is 0.156 e. The third-order valence-corrected chi connectivity index (χ3v) is 3.55. The first-order valence-electron chi connectivity index (χ1n) is 5.64. The molecular formula is C13H16O2. The standard InChI is InChI=1S/C13H16O2/c1-8-12-7-10-5-3-4-6-11(10)13(12)15-9(2)14-8/h3-6,8-9,12-13H,7H2,1-2H3/t8-,9-,12-,13+/m0/s1. The van der Waals surface area contributed by atoms with Gasteiger partial charge in [-0.15, -0.1) is 0 Å². The van der Waals surface area contributed by atoms with Gasteiger partial charge in [-0.1, -0.05) is 24.3 Å². The minimum Gasteiger partial charge on any atom is -0.350 e. The lowest BCUT2D eigenvalue weighted by Gasteiger charge is -2.36. The van der Waals surface area contributed by atoms with Crippen LogP contribution in [-0.2, 0) is 15.9 Å². The van der Waals surface area contributed by atoms with Crippen LogP contribution in [0.4, 0.5) is 0 Å². The van der Waals surface area contributed by atoms with Crippen molar-refractivity contribution in [3.8, 4) is 0 Å². The van der Waals surface area contributed by atoms with E-state index in [1.807, 2.05) is 6.92 Å². The molecule has 80 valence electrons. The molecule has 0 amide bonds. The van der Waals surface area contributed by atoms with Crippen LogP contribution in [0.2, 0.25) is 0 Å². The summed E-state index contributed by atoms with van der Waals surface area (Å²) < 4.78 is 11.6. The average molecular weight is 204 g/mol. The summed E-state index contributed by atoms with van der Waals surface area (Å²) in [5, 5.41) is 0. The lowest BCUT2D eigenvalue weighted by Crippen LogP contribution is -2.37. The van der Waals surface area contributed by atoms with Crippen LogP contribution in [0.25, 0.3) is 0 Å². The van der Waals surface area contributed by atoms with Gasteiger partial charge in [0.2, 0.25) is 0 Å². The van der Waals surface area contributed by atoms with Crippen LogP contribution in [0, 0.1) is 5.92 Å². The molecule has 0 N–H and O–H groups in total. The van der Waals surface area contributed by atoms with Gasteiger partial charge in [-0.05, 0) is 31.4 Å². The van der Waals surface area contributed by atoms with Crippen LogP contribution in [0.3, 0.4) is 0 Å². The molecular weight excluding hydrogens is 188 g/mol. The third-order valence-electron chi connectivity index (χ3n) is 3.55. The number of hydrogen-bond donors (Lipinski definition) is 0. The number of hydrogen-bond acceptors (Lipinski definition) is 2. The highest BCUT2D eigenvalue weighted by Crippen LogP contribution is 2.44. The lowest BCUT2D eigenvalue weighted by atomic mass is 9.96. The van der Waals surface area contributed by atoms with Gasteiger partial charge in [0.25, 0.3) is 0 Å². The van der Waals surface area contributed by atoms with Crippen LogP contribution in [-0.4, -0.2) is 12.4 Å². The van der Waals surface area contributed by atoms with Crippen molar-refractivity contribution in [3.63, 3.8) is 0 Å². The molecule has 1 aromatic rings. The SMILES string of the molecule is C[C@H]1O[C@@H](C)[C@@H]2Cc3ccccc3[C@H]2O1. The van der Waals surface area contributed by atoms with Crippen molar-refractivity contribution in [2.45, 2.75) is 38.8 Å². The van der Waals surface area contributed by atoms with Crippen LogP contribution in [0.15, 0.2) is 24.3 Å². The van der Waals surface area contributed by atoms with E-state index in [-0.39, 0.29) is 12.4 Å². The lowest BCUT2D eigenvalue weighted by molar-refractivity contribution is -0.254. The second-order valence-corrected chi connectivity index (χ2v) is 4.53. The van der Waals surface area contributed by atoms with Gasteiger partial charge in [0, 0.05) is 5.92 Å². The Morgan fingerprint density at radius 3 is 2.80 bits per heavy atom. The van der Waals surface area contributed by atoms with E-state index in [2.05, 4.69) is 31.2 Å². The molecule has 2 heteroatoms. The first-order chi connectivity index (χ1) is 7.25. The summed E-state index contributed by atoms with van der Waals surface area (Å²) in [6.45, 7) is 4.14. The Labute approximate surface area is 90.2 Å². The van der Waals surface area contributed by atoms with Gasteiger partial charge >= 0.3 is 0 Å². The fourth-order valence-electron chi connectivity index (χ4n) is 2.82. The monoisotopic (exact) mass is 204 g/mol. The Morgan fingerprint density at radius 2 is 1.93 bits per heavy atom. The molecule has 0 spiro atoms. The molecule has 1 aliphatic carbocycles. The van der Waals surface area contributed by atoms with Gasteiger partial charge in [-0.2, -0.15) is 0 Å². The second kappa shape index (κ2) is 3.32. The molecule has 1 heterocycles. The Bertz CT molecular complexity index is 375. The molecule has 0 saturated carbocycles. The summed E-state index contributed by atoms with van der Waals surface area (Å²) in [7, 11) is 0. The molecule has 0 aromatic heterocycles. The van der Waals surface area contributed by atoms with Crippen LogP contribution in [0.5, 0.6) is 0 Å². The van der Waals surface area contributed by atoms with Gasteiger partial charge < -0.3 is 9.47 Å². The average Bonchev–Trinajstić information content (AvgIpc) is 2.57. The van der Waals surface area contributed by atoms with E-state index >= 15 is 0 Å². The third kappa shape index (κ3) is 1.40. The van der Waals surface area contributed by atoms with E-state index in [0.29, 0.717) is 12.0 Å². The molecule has 0 radical (unpaired) electrons. The van der Waals surface area contributed by atoms with Gasteiger partial charge in [-0.25, -0.2) is 0 Å². The highest BCUT2D eigenvalue weighted by atomic mass is 16.7. The molecule has 2 nitrogen and oxygen atoms in total. The molecule has 1 aliphatic heterocycles. The summed E-state index contributed by atoms with van der Waals surface area (Å²) in [6.07, 6.45) is 1.56. The molecule has 1 aromatic carbocycles. The van der Waals surface area contributed by atoms with Crippen molar-refractivity contribution in [2.75, 3.05) is 0 Å². The van der Waals surface area contributed by atoms with E-state index < -0.39 is 0 Å². The Morgan fingerprint density at radius 1 is 1.13 bits per heavy atom. The maximum atomic E-state index is 5.88. The molecule has 15 heavy (non-hydrogen) atoms. The van der Waals surface area contributed by atoms with Crippen LogP contribution >= 0.6 is 0 Å². The molecule has 1 fully saturated rings. The van der Waals surface area contributed by atoms with Crippen molar-refractivity contribution in [3.05, 3.63) is 35.4 Å². The summed E-state index contributed by atoms with van der Waals surface area (Å²) in [5.41, 5.74) is 2.79. The zero-order chi connectivity index (χ0) is 10.4. The fraction of sp³-hybridized carbons (Fsp3) is 0.538. The van der Waals surface area contributed by atoms with E-state index in [4.69, 9.17) is 9.47 Å². The second-order valence-electron chi connectivity index (χ2n) is 4.53. The summed E-state index contributed by atoms with van der Waals surface area (Å²) in [6, 6.07) is 8.58. The maximum Gasteiger partial charge on any atom is 0.156 e. The minimum atomic E-state index is -0.0765. The van der Waals surface area contributed by atoms with Crippen molar-refractivity contribution in [2.24, 2.45) is 5.92 Å². The Balaban J connectivity index is 1.98. The van der Waals surface area contributed by atoms with Gasteiger partial charge in [0.1, 0.15) is 0 Å². The number of rotatable bonds is 0. The van der Waals surface area contributed by atoms with Crippen molar-refractivity contribution in [1.29, 1.82) is 0 Å². The predicted molar refractivity (Wildman–Crippen MR) is 57.5 cm³/mol. The Kier molecular flexibility index (Phi) is 2.08. The summed E-state index contributed by atoms with van der Waals surface area (Å²) in [4.78, 5) is 0. The number of benzene rings is 1. The molecule has 1 saturated heterocycles. The topological polar surface area (TPSA) is 18.5 Å². The zero-order valence-electron chi connectivity index (χ0n) is 9.14. The first kappa shape index (κ1) is 9.37. The zero-order valence-corrected chi connectivity index (χ0v) is 9.14. The van der Waals surface area contributed by atoms with E-state index in [1.165, 1.54) is 11.1 Å². The highest BCUT2D eigenvalue weighted by Gasteiger charge is 2.41. The van der Waals surface area contributed by atoms with Crippen molar-refractivity contribution < 1.29 is 9.47 Å². The molecule has 2 aliphatic rings. The molecule has 3 rings (SSSR count). The fourth-order valence-corrected chi connectivity index (χ4v) is 2.82. The minimum absolute atomic E-state index is 0.0765. The summed E-state index contributed by atoms with van der Waals surface area (Å²) in [5.74, 6) is 0.499. The largest absolute Gasteiger partial charge is 0.350 e. The first-order valence-corrected chi connectivity index (χ1v) is 5.64. The van der Waals surface area contributed by atoms with Crippen molar-refractivity contribution >= 4 is 0 Å². The molecule has 4 atom stereocenters. The van der Waals surface area contributed by atoms with Gasteiger partial charge in [0.15, 0.2) is 6.29 Å². The van der Waals surface area contributed by atoms with E-state index in [1.54, 1.807) is 0 Å². The predicted octanol–water partition coefficient (Wildman–Crippen LogP) is 2.68. The quantitative estimate of drug-likeness (QED) is 0.647. The molecule has 0 bridgehead atoms. The summed E-state index contributed by atoms with van der Waals surface area (Å²) >= 11 is 0.